The first-order valence-electron chi connectivity index (χ1n) is 8.97. The molecule has 4 rings (SSSR count). The molecule has 29 heavy (non-hydrogen) atoms. The summed E-state index contributed by atoms with van der Waals surface area (Å²) in [6, 6.07) is 8.46. The lowest BCUT2D eigenvalue weighted by Crippen LogP contribution is -2.41. The number of carboxylic acids is 1. The van der Waals surface area contributed by atoms with Crippen LogP contribution in [0.2, 0.25) is 0 Å². The molecule has 9 nitrogen and oxygen atoms in total. The van der Waals surface area contributed by atoms with Crippen LogP contribution in [0.1, 0.15) is 27.5 Å². The average molecular weight is 398 g/mol. The number of aliphatic carboxylic acids is 1. The molecule has 0 saturated carbocycles. The highest BCUT2D eigenvalue weighted by atomic mass is 16.7. The molecule has 0 radical (unpaired) electrons. The molecule has 0 aromatic heterocycles. The summed E-state index contributed by atoms with van der Waals surface area (Å²) in [5, 5.41) is 14.4. The monoisotopic (exact) mass is 398 g/mol. The Labute approximate surface area is 165 Å². The first kappa shape index (κ1) is 18.6. The highest BCUT2D eigenvalue weighted by Gasteiger charge is 2.24. The predicted octanol–water partition coefficient (Wildman–Crippen LogP) is 1.02. The summed E-state index contributed by atoms with van der Waals surface area (Å²) < 4.78 is 15.8. The largest absolute Gasteiger partial charge is 0.493 e. The van der Waals surface area contributed by atoms with Crippen molar-refractivity contribution in [3.05, 3.63) is 53.1 Å². The van der Waals surface area contributed by atoms with E-state index in [2.05, 4.69) is 10.6 Å². The molecule has 9 heteroatoms. The quantitative estimate of drug-likeness (QED) is 0.664. The van der Waals surface area contributed by atoms with E-state index in [0.29, 0.717) is 35.7 Å². The van der Waals surface area contributed by atoms with Crippen molar-refractivity contribution in [1.29, 1.82) is 0 Å². The number of hydrogen-bond acceptors (Lipinski definition) is 6. The fourth-order valence-corrected chi connectivity index (χ4v) is 3.19. The van der Waals surface area contributed by atoms with Crippen molar-refractivity contribution in [1.82, 2.24) is 10.6 Å². The van der Waals surface area contributed by atoms with Crippen molar-refractivity contribution in [2.45, 2.75) is 12.5 Å². The number of hydrogen-bond donors (Lipinski definition) is 3. The Hall–Kier alpha value is -3.75. The molecule has 2 amide bonds. The Balaban J connectivity index is 1.37. The fraction of sp³-hybridized carbons (Fsp3) is 0.250. The molecule has 150 valence electrons. The summed E-state index contributed by atoms with van der Waals surface area (Å²) in [5.74, 6) is -0.584. The smallest absolute Gasteiger partial charge is 0.330 e. The number of carboxylic acid groups (broad SMARTS) is 1. The molecule has 2 aliphatic heterocycles. The highest BCUT2D eigenvalue weighted by molar-refractivity contribution is 5.97. The van der Waals surface area contributed by atoms with Crippen molar-refractivity contribution in [2.75, 3.05) is 19.9 Å². The molecular weight excluding hydrogens is 380 g/mol. The van der Waals surface area contributed by atoms with Gasteiger partial charge in [-0.1, -0.05) is 6.07 Å². The number of nitrogens with one attached hydrogen (secondary N) is 2. The third kappa shape index (κ3) is 3.93. The number of benzene rings is 2. The van der Waals surface area contributed by atoms with Gasteiger partial charge in [-0.2, -0.15) is 0 Å². The molecular formula is C20H18N2O7. The second kappa shape index (κ2) is 7.70. The molecule has 1 unspecified atom stereocenters. The molecule has 0 bridgehead atoms. The maximum absolute atomic E-state index is 12.2. The molecule has 0 fully saturated rings. The molecule has 2 aliphatic rings. The highest BCUT2D eigenvalue weighted by Crippen LogP contribution is 2.32. The number of carbonyl (C=O) groups is 3. The van der Waals surface area contributed by atoms with Crippen LogP contribution in [0.3, 0.4) is 0 Å². The number of carbonyl (C=O) groups excluding carboxylic acids is 2. The van der Waals surface area contributed by atoms with Crippen molar-refractivity contribution < 1.29 is 33.7 Å². The zero-order chi connectivity index (χ0) is 20.4. The van der Waals surface area contributed by atoms with Crippen LogP contribution in [-0.4, -0.2) is 42.8 Å². The van der Waals surface area contributed by atoms with Crippen LogP contribution in [0.25, 0.3) is 0 Å². The molecule has 0 spiro atoms. The van der Waals surface area contributed by atoms with Gasteiger partial charge in [-0.05, 0) is 41.5 Å². The van der Waals surface area contributed by atoms with Crippen LogP contribution in [0.4, 0.5) is 0 Å². The van der Waals surface area contributed by atoms with Gasteiger partial charge in [0.25, 0.3) is 5.91 Å². The molecule has 2 aromatic rings. The van der Waals surface area contributed by atoms with Gasteiger partial charge in [-0.15, -0.1) is 0 Å². The van der Waals surface area contributed by atoms with Crippen molar-refractivity contribution >= 4 is 17.8 Å². The maximum Gasteiger partial charge on any atom is 0.330 e. The van der Waals surface area contributed by atoms with E-state index in [1.54, 1.807) is 30.3 Å². The van der Waals surface area contributed by atoms with Gasteiger partial charge in [0.2, 0.25) is 12.7 Å². The predicted molar refractivity (Wildman–Crippen MR) is 99.1 cm³/mol. The minimum atomic E-state index is -1.23. The first-order chi connectivity index (χ1) is 14.0. The Kier molecular flexibility index (Phi) is 4.94. The molecule has 0 saturated heterocycles. The lowest BCUT2D eigenvalue weighted by molar-refractivity contribution is -0.141. The fourth-order valence-electron chi connectivity index (χ4n) is 3.19. The summed E-state index contributed by atoms with van der Waals surface area (Å²) in [6.07, 6.45) is 0.690. The second-order valence-electron chi connectivity index (χ2n) is 6.56. The van der Waals surface area contributed by atoms with Gasteiger partial charge in [-0.3, -0.25) is 9.59 Å². The van der Waals surface area contributed by atoms with E-state index in [-0.39, 0.29) is 13.3 Å². The third-order valence-corrected chi connectivity index (χ3v) is 4.64. The minimum absolute atomic E-state index is 0.0915. The van der Waals surface area contributed by atoms with E-state index in [9.17, 15) is 19.5 Å². The summed E-state index contributed by atoms with van der Waals surface area (Å²) in [6.45, 7) is 0.272. The van der Waals surface area contributed by atoms with Crippen LogP contribution in [-0.2, 0) is 16.0 Å². The topological polar surface area (TPSA) is 123 Å². The molecule has 1 atom stereocenters. The summed E-state index contributed by atoms with van der Waals surface area (Å²) >= 11 is 0. The summed E-state index contributed by atoms with van der Waals surface area (Å²) in [7, 11) is 0. The van der Waals surface area contributed by atoms with Crippen LogP contribution >= 0.6 is 0 Å². The Bertz CT molecular complexity index is 989. The van der Waals surface area contributed by atoms with Crippen LogP contribution in [0.5, 0.6) is 17.2 Å². The molecule has 3 N–H and O–H groups in total. The van der Waals surface area contributed by atoms with E-state index in [4.69, 9.17) is 14.2 Å². The number of ether oxygens (including phenoxy) is 3. The SMILES string of the molecule is O=C(CNC(=O)c1ccc2c(c1)OCO2)NC(C(=O)O)c1ccc2c(c1)CCO2. The zero-order valence-electron chi connectivity index (χ0n) is 15.3. The summed E-state index contributed by atoms with van der Waals surface area (Å²) in [5.41, 5.74) is 1.65. The normalized spacial score (nSPS) is 14.5. The van der Waals surface area contributed by atoms with Gasteiger partial charge >= 0.3 is 5.97 Å². The zero-order valence-corrected chi connectivity index (χ0v) is 15.3. The minimum Gasteiger partial charge on any atom is -0.493 e. The van der Waals surface area contributed by atoms with E-state index < -0.39 is 23.8 Å². The van der Waals surface area contributed by atoms with Gasteiger partial charge in [-0.25, -0.2) is 4.79 Å². The van der Waals surface area contributed by atoms with Gasteiger partial charge in [0.15, 0.2) is 17.5 Å². The first-order valence-corrected chi connectivity index (χ1v) is 8.97. The number of fused-ring (bicyclic) bond motifs is 2. The maximum atomic E-state index is 12.2. The summed E-state index contributed by atoms with van der Waals surface area (Å²) in [4.78, 5) is 36.1. The lowest BCUT2D eigenvalue weighted by Gasteiger charge is -2.16. The van der Waals surface area contributed by atoms with E-state index in [1.807, 2.05) is 0 Å². The van der Waals surface area contributed by atoms with Gasteiger partial charge < -0.3 is 30.0 Å². The standard InChI is InChI=1S/C20H18N2O7/c23-17(9-21-19(24)13-2-4-15-16(8-13)29-10-28-15)22-18(20(25)26)12-1-3-14-11(7-12)5-6-27-14/h1-4,7-8,18H,5-6,9-10H2,(H,21,24)(H,22,23)(H,25,26). The Morgan fingerprint density at radius 1 is 1.00 bits per heavy atom. The van der Waals surface area contributed by atoms with Crippen molar-refractivity contribution in [2.24, 2.45) is 0 Å². The lowest BCUT2D eigenvalue weighted by atomic mass is 10.0. The van der Waals surface area contributed by atoms with Crippen molar-refractivity contribution in [3.63, 3.8) is 0 Å². The van der Waals surface area contributed by atoms with E-state index in [0.717, 1.165) is 11.3 Å². The van der Waals surface area contributed by atoms with Crippen LogP contribution < -0.4 is 24.8 Å². The van der Waals surface area contributed by atoms with Gasteiger partial charge in [0, 0.05) is 12.0 Å². The average Bonchev–Trinajstić information content (AvgIpc) is 3.37. The number of amides is 2. The van der Waals surface area contributed by atoms with Gasteiger partial charge in [0.1, 0.15) is 5.75 Å². The molecule has 2 aromatic carbocycles. The van der Waals surface area contributed by atoms with Crippen LogP contribution in [0.15, 0.2) is 36.4 Å². The van der Waals surface area contributed by atoms with Crippen molar-refractivity contribution in [3.8, 4) is 17.2 Å². The Morgan fingerprint density at radius 2 is 1.79 bits per heavy atom. The Morgan fingerprint density at radius 3 is 2.62 bits per heavy atom. The van der Waals surface area contributed by atoms with Crippen LogP contribution in [0, 0.1) is 0 Å². The third-order valence-electron chi connectivity index (χ3n) is 4.64. The molecule has 0 aliphatic carbocycles. The van der Waals surface area contributed by atoms with E-state index >= 15 is 0 Å². The number of rotatable bonds is 6. The molecule has 2 heterocycles. The van der Waals surface area contributed by atoms with E-state index in [1.165, 1.54) is 6.07 Å². The van der Waals surface area contributed by atoms with Gasteiger partial charge in [0.05, 0.1) is 13.2 Å². The second-order valence-corrected chi connectivity index (χ2v) is 6.56.